The lowest BCUT2D eigenvalue weighted by Crippen LogP contribution is -2.29. The highest BCUT2D eigenvalue weighted by atomic mass is 79.9. The van der Waals surface area contributed by atoms with E-state index in [0.29, 0.717) is 11.3 Å². The number of furan rings is 1. The number of aryl methyl sites for hydroxylation is 1. The monoisotopic (exact) mass is 298 g/mol. The highest BCUT2D eigenvalue weighted by Crippen LogP contribution is 2.28. The van der Waals surface area contributed by atoms with Gasteiger partial charge in [0, 0.05) is 15.6 Å². The zero-order valence-corrected chi connectivity index (χ0v) is 10.8. The van der Waals surface area contributed by atoms with Crippen molar-refractivity contribution in [2.75, 3.05) is 0 Å². The molecule has 90 valence electrons. The van der Waals surface area contributed by atoms with Gasteiger partial charge >= 0.3 is 0 Å². The van der Waals surface area contributed by atoms with Crippen LogP contribution in [0.4, 0.5) is 4.39 Å². The smallest absolute Gasteiger partial charge is 0.128 e. The third kappa shape index (κ3) is 2.41. The predicted molar refractivity (Wildman–Crippen MR) is 66.7 cm³/mol. The van der Waals surface area contributed by atoms with Gasteiger partial charge in [-0.2, -0.15) is 0 Å². The molecule has 1 atom stereocenters. The van der Waals surface area contributed by atoms with Crippen molar-refractivity contribution in [2.45, 2.75) is 13.0 Å². The molecule has 1 aromatic heterocycles. The van der Waals surface area contributed by atoms with Gasteiger partial charge in [-0.05, 0) is 31.2 Å². The van der Waals surface area contributed by atoms with Gasteiger partial charge in [-0.15, -0.1) is 0 Å². The summed E-state index contributed by atoms with van der Waals surface area (Å²) in [5, 5.41) is 0. The van der Waals surface area contributed by atoms with Crippen LogP contribution in [0.15, 0.2) is 39.4 Å². The van der Waals surface area contributed by atoms with Crippen molar-refractivity contribution >= 4 is 15.9 Å². The Kier molecular flexibility index (Phi) is 3.61. The van der Waals surface area contributed by atoms with Crippen molar-refractivity contribution in [1.29, 1.82) is 0 Å². The van der Waals surface area contributed by atoms with Gasteiger partial charge in [0.2, 0.25) is 0 Å². The Balaban J connectivity index is 2.49. The van der Waals surface area contributed by atoms with E-state index in [1.54, 1.807) is 24.5 Å². The van der Waals surface area contributed by atoms with E-state index in [9.17, 15) is 4.39 Å². The molecule has 0 saturated carbocycles. The van der Waals surface area contributed by atoms with Crippen LogP contribution in [0.5, 0.6) is 0 Å². The lowest BCUT2D eigenvalue weighted by atomic mass is 9.99. The maximum atomic E-state index is 13.8. The first kappa shape index (κ1) is 12.3. The van der Waals surface area contributed by atoms with Crippen molar-refractivity contribution in [3.63, 3.8) is 0 Å². The molecule has 0 aliphatic carbocycles. The van der Waals surface area contributed by atoms with E-state index in [1.807, 2.05) is 6.92 Å². The molecule has 1 heterocycles. The normalized spacial score (nSPS) is 12.7. The highest BCUT2D eigenvalue weighted by Gasteiger charge is 2.20. The lowest BCUT2D eigenvalue weighted by Gasteiger charge is -2.16. The maximum Gasteiger partial charge on any atom is 0.128 e. The third-order valence-corrected chi connectivity index (χ3v) is 3.14. The van der Waals surface area contributed by atoms with Gasteiger partial charge in [-0.1, -0.05) is 15.9 Å². The summed E-state index contributed by atoms with van der Waals surface area (Å²) in [5.41, 5.74) is 3.91. The molecule has 0 saturated heterocycles. The van der Waals surface area contributed by atoms with Crippen LogP contribution in [-0.4, -0.2) is 0 Å². The first-order valence-corrected chi connectivity index (χ1v) is 5.88. The summed E-state index contributed by atoms with van der Waals surface area (Å²) in [6, 6.07) is 6.10. The Morgan fingerprint density at radius 3 is 2.71 bits per heavy atom. The summed E-state index contributed by atoms with van der Waals surface area (Å²) >= 11 is 3.32. The second kappa shape index (κ2) is 5.00. The van der Waals surface area contributed by atoms with Crippen LogP contribution in [0.2, 0.25) is 0 Å². The molecule has 3 nitrogen and oxygen atoms in total. The zero-order chi connectivity index (χ0) is 12.4. The third-order valence-electron chi connectivity index (χ3n) is 2.65. The van der Waals surface area contributed by atoms with Crippen molar-refractivity contribution in [3.05, 3.63) is 57.7 Å². The van der Waals surface area contributed by atoms with Crippen molar-refractivity contribution in [1.82, 2.24) is 5.43 Å². The first-order chi connectivity index (χ1) is 8.13. The molecule has 0 radical (unpaired) electrons. The summed E-state index contributed by atoms with van der Waals surface area (Å²) in [6.45, 7) is 1.82. The van der Waals surface area contributed by atoms with Crippen LogP contribution >= 0.6 is 15.9 Å². The molecule has 3 N–H and O–H groups in total. The van der Waals surface area contributed by atoms with Crippen LogP contribution in [0, 0.1) is 12.7 Å². The molecule has 0 spiro atoms. The Morgan fingerprint density at radius 1 is 1.35 bits per heavy atom. The molecular weight excluding hydrogens is 287 g/mol. The molecule has 0 aliphatic rings. The summed E-state index contributed by atoms with van der Waals surface area (Å²) in [4.78, 5) is 0. The van der Waals surface area contributed by atoms with Crippen LogP contribution in [0.25, 0.3) is 0 Å². The van der Waals surface area contributed by atoms with E-state index in [0.717, 1.165) is 10.0 Å². The van der Waals surface area contributed by atoms with Crippen molar-refractivity contribution in [3.8, 4) is 0 Å². The van der Waals surface area contributed by atoms with E-state index in [-0.39, 0.29) is 5.82 Å². The number of rotatable bonds is 3. The largest absolute Gasteiger partial charge is 0.469 e. The molecule has 0 bridgehead atoms. The molecule has 2 aromatic rings. The fourth-order valence-electron chi connectivity index (χ4n) is 1.78. The van der Waals surface area contributed by atoms with Crippen LogP contribution in [0.3, 0.4) is 0 Å². The van der Waals surface area contributed by atoms with E-state index in [1.165, 1.54) is 6.07 Å². The number of nitrogens with one attached hydrogen (secondary N) is 1. The van der Waals surface area contributed by atoms with Gasteiger partial charge in [0.1, 0.15) is 11.6 Å². The molecule has 5 heteroatoms. The maximum absolute atomic E-state index is 13.8. The minimum Gasteiger partial charge on any atom is -0.469 e. The Labute approximate surface area is 107 Å². The quantitative estimate of drug-likeness (QED) is 0.676. The number of hydrogen-bond donors (Lipinski definition) is 2. The van der Waals surface area contributed by atoms with Crippen molar-refractivity contribution in [2.24, 2.45) is 5.84 Å². The number of nitrogens with two attached hydrogens (primary N) is 1. The van der Waals surface area contributed by atoms with Gasteiger partial charge in [0.15, 0.2) is 0 Å². The molecule has 0 fully saturated rings. The van der Waals surface area contributed by atoms with Gasteiger partial charge in [-0.25, -0.2) is 9.82 Å². The fraction of sp³-hybridized carbons (Fsp3) is 0.167. The van der Waals surface area contributed by atoms with Crippen LogP contribution < -0.4 is 11.3 Å². The topological polar surface area (TPSA) is 51.2 Å². The fourth-order valence-corrected chi connectivity index (χ4v) is 2.16. The summed E-state index contributed by atoms with van der Waals surface area (Å²) in [7, 11) is 0. The van der Waals surface area contributed by atoms with Crippen molar-refractivity contribution < 1.29 is 8.81 Å². The van der Waals surface area contributed by atoms with Gasteiger partial charge in [0.25, 0.3) is 0 Å². The molecule has 0 aliphatic heterocycles. The minimum absolute atomic E-state index is 0.309. The second-order valence-electron chi connectivity index (χ2n) is 3.70. The van der Waals surface area contributed by atoms with Gasteiger partial charge in [0.05, 0.1) is 12.3 Å². The molecule has 17 heavy (non-hydrogen) atoms. The molecule has 1 aromatic carbocycles. The van der Waals surface area contributed by atoms with Gasteiger partial charge < -0.3 is 4.42 Å². The molecule has 1 unspecified atom stereocenters. The summed E-state index contributed by atoms with van der Waals surface area (Å²) < 4.78 is 19.8. The average Bonchev–Trinajstić information content (AvgIpc) is 2.71. The number of halogens is 2. The highest BCUT2D eigenvalue weighted by molar-refractivity contribution is 9.10. The molecular formula is C12H12BrFN2O. The SMILES string of the molecule is Cc1occc1C(NN)c1cc(Br)ccc1F. The molecule has 2 rings (SSSR count). The second-order valence-corrected chi connectivity index (χ2v) is 4.61. The Hall–Kier alpha value is -1.17. The number of hydrazine groups is 1. The summed E-state index contributed by atoms with van der Waals surface area (Å²) in [5.74, 6) is 5.92. The predicted octanol–water partition coefficient (Wildman–Crippen LogP) is 3.04. The van der Waals surface area contributed by atoms with E-state index in [2.05, 4.69) is 21.4 Å². The van der Waals surface area contributed by atoms with E-state index >= 15 is 0 Å². The number of hydrogen-bond acceptors (Lipinski definition) is 3. The van der Waals surface area contributed by atoms with Gasteiger partial charge in [-0.3, -0.25) is 5.84 Å². The Morgan fingerprint density at radius 2 is 2.12 bits per heavy atom. The molecule has 0 amide bonds. The standard InChI is InChI=1S/C12H12BrFN2O/c1-7-9(4-5-17-7)12(16-15)10-6-8(13)2-3-11(10)14/h2-6,12,16H,15H2,1H3. The van der Waals surface area contributed by atoms with Crippen LogP contribution in [0.1, 0.15) is 22.9 Å². The minimum atomic E-state index is -0.425. The Bertz CT molecular complexity index is 527. The lowest BCUT2D eigenvalue weighted by molar-refractivity contribution is 0.513. The summed E-state index contributed by atoms with van der Waals surface area (Å²) in [6.07, 6.45) is 1.56. The van der Waals surface area contributed by atoms with E-state index in [4.69, 9.17) is 10.3 Å². The number of benzene rings is 1. The van der Waals surface area contributed by atoms with E-state index < -0.39 is 6.04 Å². The average molecular weight is 299 g/mol. The first-order valence-electron chi connectivity index (χ1n) is 5.08. The van der Waals surface area contributed by atoms with Crippen LogP contribution in [-0.2, 0) is 0 Å². The zero-order valence-electron chi connectivity index (χ0n) is 9.21.